The number of amides is 2. The van der Waals surface area contributed by atoms with Gasteiger partial charge in [-0.2, -0.15) is 0 Å². The van der Waals surface area contributed by atoms with Crippen molar-refractivity contribution in [1.29, 1.82) is 0 Å². The summed E-state index contributed by atoms with van der Waals surface area (Å²) in [5.41, 5.74) is 2.75. The van der Waals surface area contributed by atoms with Crippen LogP contribution in [0.3, 0.4) is 0 Å². The van der Waals surface area contributed by atoms with E-state index in [1.165, 1.54) is 6.92 Å². The number of piperidine rings is 2. The Morgan fingerprint density at radius 2 is 1.85 bits per heavy atom. The van der Waals surface area contributed by atoms with Crippen molar-refractivity contribution in [3.63, 3.8) is 0 Å². The number of aryl methyl sites for hydroxylation is 1. The summed E-state index contributed by atoms with van der Waals surface area (Å²) in [5, 5.41) is 3.84. The molecule has 2 saturated heterocycles. The summed E-state index contributed by atoms with van der Waals surface area (Å²) >= 11 is 0. The number of benzene rings is 1. The van der Waals surface area contributed by atoms with Gasteiger partial charge in [-0.15, -0.1) is 0 Å². The van der Waals surface area contributed by atoms with E-state index in [4.69, 9.17) is 9.72 Å². The topological polar surface area (TPSA) is 91.8 Å². The van der Waals surface area contributed by atoms with E-state index in [2.05, 4.69) is 23.2 Å². The number of pyridine rings is 1. The largest absolute Gasteiger partial charge is 0.466 e. The van der Waals surface area contributed by atoms with Gasteiger partial charge in [0.25, 0.3) is 0 Å². The summed E-state index contributed by atoms with van der Waals surface area (Å²) in [7, 11) is 0. The van der Waals surface area contributed by atoms with Crippen LogP contribution in [0.15, 0.2) is 24.3 Å². The first kappa shape index (κ1) is 24.0. The van der Waals surface area contributed by atoms with Crippen LogP contribution in [0, 0.1) is 18.8 Å². The lowest BCUT2D eigenvalue weighted by Gasteiger charge is -2.37. The normalized spacial score (nSPS) is 19.2. The van der Waals surface area contributed by atoms with Crippen molar-refractivity contribution in [2.45, 2.75) is 46.5 Å². The number of carbonyl (C=O) groups excluding carboxylic acids is 3. The van der Waals surface area contributed by atoms with Crippen LogP contribution in [0.25, 0.3) is 10.9 Å². The second kappa shape index (κ2) is 10.4. The molecule has 0 radical (unpaired) electrons. The van der Waals surface area contributed by atoms with Gasteiger partial charge in [0, 0.05) is 50.1 Å². The van der Waals surface area contributed by atoms with Crippen molar-refractivity contribution in [2.75, 3.05) is 43.0 Å². The maximum Gasteiger partial charge on any atom is 0.310 e. The Morgan fingerprint density at radius 1 is 1.09 bits per heavy atom. The molecule has 0 bridgehead atoms. The first-order chi connectivity index (χ1) is 16.4. The third kappa shape index (κ3) is 5.32. The molecule has 1 unspecified atom stereocenters. The van der Waals surface area contributed by atoms with E-state index in [0.717, 1.165) is 73.3 Å². The molecule has 2 amide bonds. The van der Waals surface area contributed by atoms with Gasteiger partial charge in [-0.25, -0.2) is 4.98 Å². The molecule has 0 saturated carbocycles. The number of fused-ring (bicyclic) bond motifs is 1. The minimum absolute atomic E-state index is 0.0148. The second-order valence-electron chi connectivity index (χ2n) is 9.35. The molecule has 1 N–H and O–H groups in total. The number of aromatic nitrogens is 1. The van der Waals surface area contributed by atoms with E-state index < -0.39 is 0 Å². The van der Waals surface area contributed by atoms with Crippen molar-refractivity contribution >= 4 is 40.2 Å². The van der Waals surface area contributed by atoms with Crippen LogP contribution in [-0.4, -0.2) is 60.5 Å². The molecule has 1 atom stereocenters. The summed E-state index contributed by atoms with van der Waals surface area (Å²) < 4.78 is 5.17. The van der Waals surface area contributed by atoms with Crippen molar-refractivity contribution in [1.82, 2.24) is 9.88 Å². The highest BCUT2D eigenvalue weighted by atomic mass is 16.5. The Kier molecular flexibility index (Phi) is 7.34. The molecule has 0 spiro atoms. The second-order valence-corrected chi connectivity index (χ2v) is 9.35. The predicted molar refractivity (Wildman–Crippen MR) is 132 cm³/mol. The van der Waals surface area contributed by atoms with Gasteiger partial charge in [-0.05, 0) is 69.4 Å². The minimum Gasteiger partial charge on any atom is -0.466 e. The molecule has 8 heteroatoms. The Labute approximate surface area is 200 Å². The van der Waals surface area contributed by atoms with Gasteiger partial charge in [-0.3, -0.25) is 14.4 Å². The van der Waals surface area contributed by atoms with Crippen molar-refractivity contribution in [3.05, 3.63) is 29.8 Å². The highest BCUT2D eigenvalue weighted by Crippen LogP contribution is 2.29. The molecule has 2 aliphatic heterocycles. The lowest BCUT2D eigenvalue weighted by Crippen LogP contribution is -2.47. The van der Waals surface area contributed by atoms with Gasteiger partial charge in [0.15, 0.2) is 0 Å². The van der Waals surface area contributed by atoms with Crippen LogP contribution in [0.4, 0.5) is 11.5 Å². The fraction of sp³-hybridized carbons (Fsp3) is 0.538. The summed E-state index contributed by atoms with van der Waals surface area (Å²) in [6, 6.07) is 7.84. The molecule has 0 aliphatic carbocycles. The quantitative estimate of drug-likeness (QED) is 0.678. The molecule has 2 aromatic rings. The van der Waals surface area contributed by atoms with E-state index in [9.17, 15) is 14.4 Å². The van der Waals surface area contributed by atoms with Crippen LogP contribution in [0.5, 0.6) is 0 Å². The summed E-state index contributed by atoms with van der Waals surface area (Å²) in [4.78, 5) is 45.6. The van der Waals surface area contributed by atoms with Gasteiger partial charge >= 0.3 is 5.97 Å². The van der Waals surface area contributed by atoms with Crippen LogP contribution >= 0.6 is 0 Å². The van der Waals surface area contributed by atoms with Gasteiger partial charge < -0.3 is 19.9 Å². The Bertz CT molecular complexity index is 1080. The van der Waals surface area contributed by atoms with Crippen LogP contribution in [-0.2, 0) is 19.1 Å². The summed E-state index contributed by atoms with van der Waals surface area (Å²) in [5.74, 6) is 0.592. The molecule has 8 nitrogen and oxygen atoms in total. The number of likely N-dealkylation sites (tertiary alicyclic amines) is 1. The monoisotopic (exact) mass is 466 g/mol. The Hall–Kier alpha value is -3.16. The third-order valence-electron chi connectivity index (χ3n) is 6.84. The molecule has 34 heavy (non-hydrogen) atoms. The predicted octanol–water partition coefficient (Wildman–Crippen LogP) is 3.52. The van der Waals surface area contributed by atoms with E-state index in [0.29, 0.717) is 13.2 Å². The molecular weight excluding hydrogens is 432 g/mol. The Balaban J connectivity index is 1.39. The fourth-order valence-corrected chi connectivity index (χ4v) is 5.06. The molecule has 3 heterocycles. The van der Waals surface area contributed by atoms with E-state index in [1.807, 2.05) is 30.0 Å². The Morgan fingerprint density at radius 3 is 2.56 bits per heavy atom. The average molecular weight is 467 g/mol. The zero-order valence-corrected chi connectivity index (χ0v) is 20.3. The number of nitrogens with one attached hydrogen (secondary N) is 1. The minimum atomic E-state index is -0.200. The third-order valence-corrected chi connectivity index (χ3v) is 6.84. The van der Waals surface area contributed by atoms with Crippen molar-refractivity contribution in [3.8, 4) is 0 Å². The van der Waals surface area contributed by atoms with E-state index in [1.54, 1.807) is 0 Å². The van der Waals surface area contributed by atoms with E-state index in [-0.39, 0.29) is 29.6 Å². The molecule has 2 aliphatic rings. The number of hydrogen-bond donors (Lipinski definition) is 1. The van der Waals surface area contributed by atoms with Crippen LogP contribution in [0.2, 0.25) is 0 Å². The molecule has 182 valence electrons. The number of carbonyl (C=O) groups is 3. The number of anilines is 2. The van der Waals surface area contributed by atoms with Gasteiger partial charge in [0.2, 0.25) is 11.8 Å². The highest BCUT2D eigenvalue weighted by Gasteiger charge is 2.34. The standard InChI is InChI=1S/C26H34N4O4/c1-4-34-26(33)20-6-5-11-30(16-20)25(32)19-9-12-29(13-10-19)24-14-17(2)22-15-21(27-18(3)31)7-8-23(22)28-24/h7-8,14-15,19-20H,4-6,9-13,16H2,1-3H3,(H,27,31). The zero-order chi connectivity index (χ0) is 24.2. The number of esters is 1. The average Bonchev–Trinajstić information content (AvgIpc) is 2.84. The fourth-order valence-electron chi connectivity index (χ4n) is 5.06. The molecule has 4 rings (SSSR count). The number of rotatable bonds is 5. The zero-order valence-electron chi connectivity index (χ0n) is 20.3. The summed E-state index contributed by atoms with van der Waals surface area (Å²) in [6.07, 6.45) is 3.19. The number of ether oxygens (including phenoxy) is 1. The lowest BCUT2D eigenvalue weighted by atomic mass is 9.92. The molecule has 2 fully saturated rings. The smallest absolute Gasteiger partial charge is 0.310 e. The molecule has 1 aromatic heterocycles. The first-order valence-corrected chi connectivity index (χ1v) is 12.2. The van der Waals surface area contributed by atoms with Gasteiger partial charge in [-0.1, -0.05) is 0 Å². The maximum atomic E-state index is 13.2. The van der Waals surface area contributed by atoms with Gasteiger partial charge in [0.05, 0.1) is 18.0 Å². The van der Waals surface area contributed by atoms with Crippen LogP contribution < -0.4 is 10.2 Å². The number of nitrogens with zero attached hydrogens (tertiary/aromatic N) is 3. The summed E-state index contributed by atoms with van der Waals surface area (Å²) in [6.45, 7) is 8.48. The highest BCUT2D eigenvalue weighted by molar-refractivity contribution is 5.93. The molecular formula is C26H34N4O4. The first-order valence-electron chi connectivity index (χ1n) is 12.2. The van der Waals surface area contributed by atoms with Crippen LogP contribution in [0.1, 0.15) is 45.1 Å². The SMILES string of the molecule is CCOC(=O)C1CCCN(C(=O)C2CCN(c3cc(C)c4cc(NC(C)=O)ccc4n3)CC2)C1. The molecule has 1 aromatic carbocycles. The van der Waals surface area contributed by atoms with E-state index >= 15 is 0 Å². The number of hydrogen-bond acceptors (Lipinski definition) is 6. The maximum absolute atomic E-state index is 13.2. The van der Waals surface area contributed by atoms with Crippen molar-refractivity contribution < 1.29 is 19.1 Å². The van der Waals surface area contributed by atoms with Gasteiger partial charge in [0.1, 0.15) is 5.82 Å². The lowest BCUT2D eigenvalue weighted by molar-refractivity contribution is -0.152. The van der Waals surface area contributed by atoms with Crippen molar-refractivity contribution in [2.24, 2.45) is 11.8 Å².